The highest BCUT2D eigenvalue weighted by atomic mass is 16.6. The average molecular weight is 318 g/mol. The second-order valence-electron chi connectivity index (χ2n) is 4.47. The third kappa shape index (κ3) is 5.27. The molecule has 0 spiro atoms. The lowest BCUT2D eigenvalue weighted by molar-refractivity contribution is -0.150. The third-order valence-electron chi connectivity index (χ3n) is 2.60. The van der Waals surface area contributed by atoms with E-state index < -0.39 is 31.0 Å². The fraction of sp³-hybridized carbons (Fsp3) is 0.200. The fourth-order valence-electron chi connectivity index (χ4n) is 1.56. The Morgan fingerprint density at radius 3 is 2.57 bits per heavy atom. The number of hydrogen-bond donors (Lipinski definition) is 1. The van der Waals surface area contributed by atoms with E-state index in [0.717, 1.165) is 0 Å². The van der Waals surface area contributed by atoms with E-state index in [-0.39, 0.29) is 5.88 Å². The Hall–Kier alpha value is -3.16. The minimum atomic E-state index is -0.770. The van der Waals surface area contributed by atoms with Gasteiger partial charge >= 0.3 is 5.97 Å². The Morgan fingerprint density at radius 1 is 1.17 bits per heavy atom. The van der Waals surface area contributed by atoms with Crippen LogP contribution >= 0.6 is 0 Å². The molecule has 1 aromatic heterocycles. The second kappa shape index (κ2) is 7.74. The fourth-order valence-corrected chi connectivity index (χ4v) is 1.56. The lowest BCUT2D eigenvalue weighted by Crippen LogP contribution is -2.34. The number of esters is 1. The number of ether oxygens (including phenoxy) is 2. The normalized spacial score (nSPS) is 9.96. The Morgan fingerprint density at radius 2 is 1.91 bits per heavy atom. The minimum absolute atomic E-state index is 0.142. The molecule has 1 heterocycles. The molecule has 0 aliphatic carbocycles. The Balaban J connectivity index is 1.69. The van der Waals surface area contributed by atoms with Crippen LogP contribution in [-0.4, -0.2) is 36.2 Å². The van der Waals surface area contributed by atoms with Crippen molar-refractivity contribution < 1.29 is 28.4 Å². The number of hydrogen-bond acceptors (Lipinski definition) is 7. The topological polar surface area (TPSA) is 108 Å². The summed E-state index contributed by atoms with van der Waals surface area (Å²) in [5.41, 5.74) is 0.330. The van der Waals surface area contributed by atoms with Crippen LogP contribution in [0.4, 0.5) is 0 Å². The molecular formula is C15H14N2O6. The summed E-state index contributed by atoms with van der Waals surface area (Å²) in [6.07, 6.45) is 0. The first-order chi connectivity index (χ1) is 11.0. The number of amides is 2. The van der Waals surface area contributed by atoms with Crippen LogP contribution in [0.15, 0.2) is 40.9 Å². The number of aryl methyl sites for hydroxylation is 1. The van der Waals surface area contributed by atoms with Gasteiger partial charge in [-0.15, -0.1) is 0 Å². The zero-order chi connectivity index (χ0) is 16.7. The number of imide groups is 1. The van der Waals surface area contributed by atoms with Gasteiger partial charge in [-0.3, -0.25) is 14.9 Å². The van der Waals surface area contributed by atoms with Gasteiger partial charge in [0.05, 0.1) is 0 Å². The first kappa shape index (κ1) is 16.2. The van der Waals surface area contributed by atoms with Crippen molar-refractivity contribution in [2.24, 2.45) is 0 Å². The standard InChI is InChI=1S/C15H14N2O6/c1-10-7-13(17-23-10)21-9-14(19)22-8-12(18)16-15(20)11-5-3-2-4-6-11/h2-7H,8-9H2,1H3,(H,16,18,20). The van der Waals surface area contributed by atoms with Crippen molar-refractivity contribution in [1.29, 1.82) is 0 Å². The van der Waals surface area contributed by atoms with Crippen LogP contribution < -0.4 is 10.1 Å². The van der Waals surface area contributed by atoms with Crippen LogP contribution in [0.3, 0.4) is 0 Å². The third-order valence-corrected chi connectivity index (χ3v) is 2.60. The average Bonchev–Trinajstić information content (AvgIpc) is 2.97. The molecule has 2 aromatic rings. The number of nitrogens with one attached hydrogen (secondary N) is 1. The molecule has 120 valence electrons. The van der Waals surface area contributed by atoms with Gasteiger partial charge in [-0.05, 0) is 24.2 Å². The molecule has 1 aromatic carbocycles. The molecule has 2 amide bonds. The molecule has 23 heavy (non-hydrogen) atoms. The summed E-state index contributed by atoms with van der Waals surface area (Å²) in [4.78, 5) is 34.6. The van der Waals surface area contributed by atoms with Gasteiger partial charge in [0.2, 0.25) is 0 Å². The molecule has 0 saturated carbocycles. The van der Waals surface area contributed by atoms with Gasteiger partial charge in [-0.25, -0.2) is 4.79 Å². The van der Waals surface area contributed by atoms with Crippen LogP contribution in [0, 0.1) is 6.92 Å². The largest absolute Gasteiger partial charge is 0.463 e. The summed E-state index contributed by atoms with van der Waals surface area (Å²) in [5, 5.41) is 5.63. The minimum Gasteiger partial charge on any atom is -0.463 e. The molecule has 0 aliphatic rings. The van der Waals surface area contributed by atoms with Crippen LogP contribution in [0.2, 0.25) is 0 Å². The summed E-state index contributed by atoms with van der Waals surface area (Å²) >= 11 is 0. The highest BCUT2D eigenvalue weighted by Gasteiger charge is 2.13. The first-order valence-corrected chi connectivity index (χ1v) is 6.65. The summed E-state index contributed by atoms with van der Waals surface area (Å²) < 4.78 is 14.4. The van der Waals surface area contributed by atoms with Crippen molar-refractivity contribution in [2.75, 3.05) is 13.2 Å². The lowest BCUT2D eigenvalue weighted by atomic mass is 10.2. The lowest BCUT2D eigenvalue weighted by Gasteiger charge is -2.06. The van der Waals surface area contributed by atoms with Crippen LogP contribution in [0.5, 0.6) is 5.88 Å². The summed E-state index contributed by atoms with van der Waals surface area (Å²) in [6, 6.07) is 9.70. The Kier molecular flexibility index (Phi) is 5.45. The van der Waals surface area contributed by atoms with Crippen LogP contribution in [-0.2, 0) is 14.3 Å². The molecule has 8 heteroatoms. The van der Waals surface area contributed by atoms with E-state index in [4.69, 9.17) is 9.26 Å². The second-order valence-corrected chi connectivity index (χ2v) is 4.47. The maximum absolute atomic E-state index is 11.7. The van der Waals surface area contributed by atoms with E-state index in [1.54, 1.807) is 37.3 Å². The summed E-state index contributed by atoms with van der Waals surface area (Å²) in [6.45, 7) is 0.663. The van der Waals surface area contributed by atoms with Gasteiger partial charge in [0.1, 0.15) is 5.76 Å². The Labute approximate surface area is 131 Å². The quantitative estimate of drug-likeness (QED) is 0.787. The molecule has 0 bridgehead atoms. The maximum atomic E-state index is 11.7. The molecule has 0 unspecified atom stereocenters. The number of rotatable bonds is 6. The zero-order valence-electron chi connectivity index (χ0n) is 12.3. The first-order valence-electron chi connectivity index (χ1n) is 6.65. The molecule has 0 aliphatic heterocycles. The smallest absolute Gasteiger partial charge is 0.344 e. The van der Waals surface area contributed by atoms with Gasteiger partial charge in [-0.1, -0.05) is 18.2 Å². The van der Waals surface area contributed by atoms with Crippen molar-refractivity contribution in [2.45, 2.75) is 6.92 Å². The SMILES string of the molecule is Cc1cc(OCC(=O)OCC(=O)NC(=O)c2ccccc2)no1. The van der Waals surface area contributed by atoms with Crippen molar-refractivity contribution in [3.05, 3.63) is 47.7 Å². The maximum Gasteiger partial charge on any atom is 0.344 e. The highest BCUT2D eigenvalue weighted by molar-refractivity contribution is 6.05. The predicted molar refractivity (Wildman–Crippen MR) is 76.6 cm³/mol. The number of carbonyl (C=O) groups is 3. The molecular weight excluding hydrogens is 304 g/mol. The number of aromatic nitrogens is 1. The summed E-state index contributed by atoms with van der Waals surface area (Å²) in [7, 11) is 0. The molecule has 0 atom stereocenters. The Bertz CT molecular complexity index is 695. The van der Waals surface area contributed by atoms with Gasteiger partial charge in [-0.2, -0.15) is 0 Å². The molecule has 8 nitrogen and oxygen atoms in total. The molecule has 0 saturated heterocycles. The predicted octanol–water partition coefficient (Wildman–Crippen LogP) is 0.862. The summed E-state index contributed by atoms with van der Waals surface area (Å²) in [5.74, 6) is -1.39. The number of benzene rings is 1. The van der Waals surface area contributed by atoms with Crippen molar-refractivity contribution in [3.63, 3.8) is 0 Å². The van der Waals surface area contributed by atoms with Gasteiger partial charge in [0.25, 0.3) is 17.7 Å². The van der Waals surface area contributed by atoms with Crippen LogP contribution in [0.25, 0.3) is 0 Å². The van der Waals surface area contributed by atoms with Crippen LogP contribution in [0.1, 0.15) is 16.1 Å². The van der Waals surface area contributed by atoms with E-state index in [0.29, 0.717) is 11.3 Å². The van der Waals surface area contributed by atoms with E-state index >= 15 is 0 Å². The monoisotopic (exact) mass is 318 g/mol. The van der Waals surface area contributed by atoms with Gasteiger partial charge in [0, 0.05) is 11.6 Å². The highest BCUT2D eigenvalue weighted by Crippen LogP contribution is 2.09. The van der Waals surface area contributed by atoms with E-state index in [1.807, 2.05) is 0 Å². The van der Waals surface area contributed by atoms with Gasteiger partial charge < -0.3 is 14.0 Å². The van der Waals surface area contributed by atoms with E-state index in [1.165, 1.54) is 6.07 Å². The molecule has 0 fully saturated rings. The van der Waals surface area contributed by atoms with E-state index in [9.17, 15) is 14.4 Å². The number of carbonyl (C=O) groups excluding carboxylic acids is 3. The number of nitrogens with zero attached hydrogens (tertiary/aromatic N) is 1. The van der Waals surface area contributed by atoms with Crippen molar-refractivity contribution >= 4 is 17.8 Å². The van der Waals surface area contributed by atoms with E-state index in [2.05, 4.69) is 15.2 Å². The molecule has 0 radical (unpaired) electrons. The molecule has 1 N–H and O–H groups in total. The van der Waals surface area contributed by atoms with Crippen molar-refractivity contribution in [3.8, 4) is 5.88 Å². The van der Waals surface area contributed by atoms with Gasteiger partial charge in [0.15, 0.2) is 13.2 Å². The molecule has 2 rings (SSSR count). The van der Waals surface area contributed by atoms with Crippen molar-refractivity contribution in [1.82, 2.24) is 10.5 Å². The zero-order valence-corrected chi connectivity index (χ0v) is 12.3.